The van der Waals surface area contributed by atoms with Crippen molar-refractivity contribution in [3.8, 4) is 23.0 Å². The molecule has 0 aliphatic rings. The van der Waals surface area contributed by atoms with Crippen LogP contribution in [0.5, 0.6) is 0 Å². The van der Waals surface area contributed by atoms with E-state index in [1.807, 2.05) is 0 Å². The van der Waals surface area contributed by atoms with E-state index in [1.165, 1.54) is 18.3 Å². The Kier molecular flexibility index (Phi) is 4.40. The van der Waals surface area contributed by atoms with E-state index in [1.54, 1.807) is 0 Å². The number of hydrogen-bond donors (Lipinski definition) is 1. The van der Waals surface area contributed by atoms with Gasteiger partial charge in [-0.25, -0.2) is 4.98 Å². The fourth-order valence-corrected chi connectivity index (χ4v) is 3.16. The minimum atomic E-state index is -4.55. The number of rotatable bonds is 2. The van der Waals surface area contributed by atoms with Crippen LogP contribution in [0.3, 0.4) is 0 Å². The second-order valence-corrected chi connectivity index (χ2v) is 6.93. The minimum Gasteiger partial charge on any atom is -0.397 e. The number of nitrogens with two attached hydrogens (primary N) is 1. The van der Waals surface area contributed by atoms with Crippen LogP contribution in [0.4, 0.5) is 18.9 Å². The molecule has 4 aromatic rings. The van der Waals surface area contributed by atoms with Crippen LogP contribution < -0.4 is 5.73 Å². The van der Waals surface area contributed by atoms with Crippen molar-refractivity contribution in [2.24, 2.45) is 0 Å². The van der Waals surface area contributed by atoms with Gasteiger partial charge in [0, 0.05) is 18.0 Å². The molecule has 0 unspecified atom stereocenters. The molecule has 0 bridgehead atoms. The molecule has 0 amide bonds. The molecule has 0 spiro atoms. The highest BCUT2D eigenvalue weighted by Gasteiger charge is 2.32. The number of pyridine rings is 1. The number of imidazole rings is 1. The fourth-order valence-electron chi connectivity index (χ4n) is 2.49. The Morgan fingerprint density at radius 3 is 2.43 bits per heavy atom. The topological polar surface area (TPSA) is 82.2 Å². The molecule has 144 valence electrons. The second-order valence-electron chi connectivity index (χ2n) is 5.71. The summed E-state index contributed by atoms with van der Waals surface area (Å²) < 4.78 is 45.1. The normalized spacial score (nSPS) is 12.1. The van der Waals surface area contributed by atoms with E-state index >= 15 is 0 Å². The zero-order valence-electron chi connectivity index (χ0n) is 13.4. The van der Waals surface area contributed by atoms with Crippen molar-refractivity contribution in [2.45, 2.75) is 6.18 Å². The van der Waals surface area contributed by atoms with Gasteiger partial charge in [0.05, 0.1) is 26.3 Å². The molecule has 2 N–H and O–H groups in total. The highest BCUT2D eigenvalue weighted by molar-refractivity contribution is 6.37. The van der Waals surface area contributed by atoms with Crippen LogP contribution in [0.2, 0.25) is 15.1 Å². The first-order chi connectivity index (χ1) is 13.1. The second kappa shape index (κ2) is 6.54. The summed E-state index contributed by atoms with van der Waals surface area (Å²) in [5.74, 6) is 0.0772. The van der Waals surface area contributed by atoms with Crippen LogP contribution in [0.25, 0.3) is 28.6 Å². The molecule has 0 radical (unpaired) electrons. The lowest BCUT2D eigenvalue weighted by Gasteiger charge is -2.07. The Bertz CT molecular complexity index is 1220. The third-order valence-electron chi connectivity index (χ3n) is 3.81. The van der Waals surface area contributed by atoms with Crippen molar-refractivity contribution in [1.29, 1.82) is 0 Å². The van der Waals surface area contributed by atoms with Crippen molar-refractivity contribution in [3.63, 3.8) is 0 Å². The van der Waals surface area contributed by atoms with E-state index in [0.29, 0.717) is 5.56 Å². The van der Waals surface area contributed by atoms with Crippen LogP contribution in [0.1, 0.15) is 5.56 Å². The van der Waals surface area contributed by atoms with Crippen molar-refractivity contribution >= 4 is 46.1 Å². The van der Waals surface area contributed by atoms with Gasteiger partial charge in [0.15, 0.2) is 5.65 Å². The third-order valence-corrected chi connectivity index (χ3v) is 4.72. The van der Waals surface area contributed by atoms with Gasteiger partial charge in [-0.05, 0) is 18.2 Å². The summed E-state index contributed by atoms with van der Waals surface area (Å²) in [5, 5.41) is 4.15. The minimum absolute atomic E-state index is 0.0349. The monoisotopic (exact) mass is 447 g/mol. The Morgan fingerprint density at radius 2 is 1.71 bits per heavy atom. The van der Waals surface area contributed by atoms with E-state index in [0.717, 1.165) is 16.7 Å². The van der Waals surface area contributed by atoms with Crippen molar-refractivity contribution in [1.82, 2.24) is 19.5 Å². The number of fused-ring (bicyclic) bond motifs is 1. The molecular formula is C16H7Cl3F3N5O. The number of halogens is 6. The maximum Gasteiger partial charge on any atom is 0.417 e. The van der Waals surface area contributed by atoms with Crippen LogP contribution >= 0.6 is 34.8 Å². The molecular weight excluding hydrogens is 442 g/mol. The van der Waals surface area contributed by atoms with E-state index in [2.05, 4.69) is 15.1 Å². The number of aromatic nitrogens is 4. The van der Waals surface area contributed by atoms with Gasteiger partial charge in [0.2, 0.25) is 5.82 Å². The lowest BCUT2D eigenvalue weighted by molar-refractivity contribution is -0.137. The third kappa shape index (κ3) is 3.25. The Balaban J connectivity index is 1.78. The molecule has 12 heteroatoms. The summed E-state index contributed by atoms with van der Waals surface area (Å²) in [5.41, 5.74) is 5.67. The largest absolute Gasteiger partial charge is 0.417 e. The molecule has 1 aromatic carbocycles. The number of anilines is 1. The smallest absolute Gasteiger partial charge is 0.397 e. The van der Waals surface area contributed by atoms with E-state index < -0.39 is 11.7 Å². The van der Waals surface area contributed by atoms with Gasteiger partial charge in [0.1, 0.15) is 5.69 Å². The van der Waals surface area contributed by atoms with Gasteiger partial charge in [-0.2, -0.15) is 18.2 Å². The highest BCUT2D eigenvalue weighted by Crippen LogP contribution is 2.35. The average Bonchev–Trinajstić information content (AvgIpc) is 3.24. The SMILES string of the molecule is Nc1cc(Cl)c(-c2noc(-c3cn4cc(C(F)(F)F)cc(Cl)c4n3)n2)cc1Cl. The first kappa shape index (κ1) is 18.9. The van der Waals surface area contributed by atoms with Gasteiger partial charge in [-0.3, -0.25) is 0 Å². The van der Waals surface area contributed by atoms with E-state index in [4.69, 9.17) is 45.1 Å². The first-order valence-corrected chi connectivity index (χ1v) is 8.61. The van der Waals surface area contributed by atoms with Crippen molar-refractivity contribution in [3.05, 3.63) is 51.2 Å². The molecule has 0 saturated carbocycles. The lowest BCUT2D eigenvalue weighted by Crippen LogP contribution is -2.06. The number of hydrogen-bond acceptors (Lipinski definition) is 5. The van der Waals surface area contributed by atoms with E-state index in [-0.39, 0.29) is 43.8 Å². The van der Waals surface area contributed by atoms with E-state index in [9.17, 15) is 13.2 Å². The Morgan fingerprint density at radius 1 is 0.964 bits per heavy atom. The predicted octanol–water partition coefficient (Wildman–Crippen LogP) is 5.61. The molecule has 6 nitrogen and oxygen atoms in total. The van der Waals surface area contributed by atoms with Crippen LogP contribution in [-0.2, 0) is 6.18 Å². The summed E-state index contributed by atoms with van der Waals surface area (Å²) >= 11 is 18.1. The number of alkyl halides is 3. The first-order valence-electron chi connectivity index (χ1n) is 7.48. The van der Waals surface area contributed by atoms with Crippen LogP contribution in [-0.4, -0.2) is 19.5 Å². The van der Waals surface area contributed by atoms with Crippen LogP contribution in [0.15, 0.2) is 35.1 Å². The molecule has 0 saturated heterocycles. The molecule has 0 aliphatic carbocycles. The number of nitrogens with zero attached hydrogens (tertiary/aromatic N) is 4. The molecule has 4 rings (SSSR count). The van der Waals surface area contributed by atoms with Gasteiger partial charge in [0.25, 0.3) is 5.89 Å². The van der Waals surface area contributed by atoms with Gasteiger partial charge in [-0.1, -0.05) is 40.0 Å². The van der Waals surface area contributed by atoms with Gasteiger partial charge < -0.3 is 14.7 Å². The number of benzene rings is 1. The summed E-state index contributed by atoms with van der Waals surface area (Å²) in [6.07, 6.45) is -2.39. The summed E-state index contributed by atoms with van der Waals surface area (Å²) in [4.78, 5) is 8.33. The molecule has 3 aromatic heterocycles. The van der Waals surface area contributed by atoms with Gasteiger partial charge in [-0.15, -0.1) is 0 Å². The van der Waals surface area contributed by atoms with Crippen LogP contribution in [0, 0.1) is 0 Å². The standard InChI is InChI=1S/C16H7Cl3F3N5O/c17-8-3-11(23)9(18)2-7(8)13-25-15(28-26-13)12-5-27-4-6(16(20,21)22)1-10(19)14(27)24-12/h1-5H,23H2. The summed E-state index contributed by atoms with van der Waals surface area (Å²) in [6, 6.07) is 3.71. The highest BCUT2D eigenvalue weighted by atomic mass is 35.5. The maximum atomic E-state index is 12.9. The predicted molar refractivity (Wildman–Crippen MR) is 98.4 cm³/mol. The van der Waals surface area contributed by atoms with Crippen molar-refractivity contribution < 1.29 is 17.7 Å². The molecule has 0 fully saturated rings. The average molecular weight is 449 g/mol. The van der Waals surface area contributed by atoms with Gasteiger partial charge >= 0.3 is 6.18 Å². The Hall–Kier alpha value is -2.49. The molecule has 0 atom stereocenters. The maximum absolute atomic E-state index is 12.9. The molecule has 0 aliphatic heterocycles. The zero-order chi connectivity index (χ0) is 20.2. The zero-order valence-corrected chi connectivity index (χ0v) is 15.7. The van der Waals surface area contributed by atoms with Crippen molar-refractivity contribution in [2.75, 3.05) is 5.73 Å². The summed E-state index contributed by atoms with van der Waals surface area (Å²) in [6.45, 7) is 0. The summed E-state index contributed by atoms with van der Waals surface area (Å²) in [7, 11) is 0. The number of nitrogen functional groups attached to an aromatic ring is 1. The molecule has 28 heavy (non-hydrogen) atoms. The Labute approximate surface area is 169 Å². The quantitative estimate of drug-likeness (QED) is 0.403. The molecule has 3 heterocycles. The lowest BCUT2D eigenvalue weighted by atomic mass is 10.2. The fraction of sp³-hybridized carbons (Fsp3) is 0.0625.